The van der Waals surface area contributed by atoms with Crippen molar-refractivity contribution in [2.24, 2.45) is 0 Å². The zero-order chi connectivity index (χ0) is 26.7. The molecule has 1 fully saturated rings. The van der Waals surface area contributed by atoms with Crippen molar-refractivity contribution in [3.63, 3.8) is 0 Å². The van der Waals surface area contributed by atoms with Gasteiger partial charge in [-0.2, -0.15) is 18.2 Å². The first-order valence-electron chi connectivity index (χ1n) is 11.4. The fourth-order valence-corrected chi connectivity index (χ4v) is 4.21. The minimum atomic E-state index is -5.08. The fourth-order valence-electron chi connectivity index (χ4n) is 4.09. The summed E-state index contributed by atoms with van der Waals surface area (Å²) in [6.07, 6.45) is -4.24. The van der Waals surface area contributed by atoms with E-state index in [4.69, 9.17) is 36.2 Å². The van der Waals surface area contributed by atoms with Crippen LogP contribution < -0.4 is 9.80 Å². The Bertz CT molecular complexity index is 1300. The van der Waals surface area contributed by atoms with Crippen molar-refractivity contribution in [3.8, 4) is 17.0 Å². The first-order chi connectivity index (χ1) is 17.5. The molecule has 0 saturated carbocycles. The molecule has 0 atom stereocenters. The van der Waals surface area contributed by atoms with Crippen molar-refractivity contribution in [1.82, 2.24) is 9.97 Å². The highest BCUT2D eigenvalue weighted by Gasteiger charge is 2.38. The number of halogens is 4. The van der Waals surface area contributed by atoms with Gasteiger partial charge in [0.1, 0.15) is 11.6 Å². The van der Waals surface area contributed by atoms with E-state index >= 15 is 0 Å². The lowest BCUT2D eigenvalue weighted by molar-refractivity contribution is -0.192. The Labute approximate surface area is 215 Å². The molecular weight excluding hydrogens is 513 g/mol. The molecule has 5 rings (SSSR count). The third-order valence-corrected chi connectivity index (χ3v) is 6.35. The van der Waals surface area contributed by atoms with Crippen LogP contribution in [0.3, 0.4) is 0 Å². The molecule has 1 aromatic heterocycles. The minimum absolute atomic E-state index is 0.232. The van der Waals surface area contributed by atoms with Gasteiger partial charge < -0.3 is 24.7 Å². The normalized spacial score (nSPS) is 15.2. The summed E-state index contributed by atoms with van der Waals surface area (Å²) in [5.74, 6) is -0.900. The number of aliphatic carboxylic acids is 1. The van der Waals surface area contributed by atoms with Crippen molar-refractivity contribution in [3.05, 3.63) is 58.6 Å². The Morgan fingerprint density at radius 2 is 1.78 bits per heavy atom. The summed E-state index contributed by atoms with van der Waals surface area (Å²) in [7, 11) is 0. The van der Waals surface area contributed by atoms with Gasteiger partial charge in [-0.05, 0) is 49.2 Å². The summed E-state index contributed by atoms with van der Waals surface area (Å²) < 4.78 is 37.2. The van der Waals surface area contributed by atoms with Crippen LogP contribution in [0, 0.1) is 6.92 Å². The van der Waals surface area contributed by atoms with Crippen molar-refractivity contribution >= 4 is 35.0 Å². The zero-order valence-electron chi connectivity index (χ0n) is 19.8. The van der Waals surface area contributed by atoms with Gasteiger partial charge in [-0.25, -0.2) is 9.78 Å². The fraction of sp³-hybridized carbons (Fsp3) is 0.320. The summed E-state index contributed by atoms with van der Waals surface area (Å²) in [6, 6.07) is 13.3. The number of benzene rings is 2. The van der Waals surface area contributed by atoms with Gasteiger partial charge in [-0.1, -0.05) is 23.7 Å². The highest BCUT2D eigenvalue weighted by atomic mass is 35.5. The highest BCUT2D eigenvalue weighted by molar-refractivity contribution is 6.31. The second-order valence-corrected chi connectivity index (χ2v) is 8.87. The van der Waals surface area contributed by atoms with Crippen molar-refractivity contribution in [2.45, 2.75) is 19.5 Å². The number of phenols is 1. The quantitative estimate of drug-likeness (QED) is 0.484. The van der Waals surface area contributed by atoms with Gasteiger partial charge in [0, 0.05) is 41.5 Å². The molecular formula is C25H24ClF3N4O4. The zero-order valence-corrected chi connectivity index (χ0v) is 20.6. The van der Waals surface area contributed by atoms with Crippen LogP contribution in [0.1, 0.15) is 11.1 Å². The van der Waals surface area contributed by atoms with Crippen LogP contribution >= 0.6 is 11.6 Å². The molecule has 37 heavy (non-hydrogen) atoms. The van der Waals surface area contributed by atoms with E-state index in [0.29, 0.717) is 19.2 Å². The van der Waals surface area contributed by atoms with Crippen LogP contribution in [-0.2, 0) is 16.0 Å². The van der Waals surface area contributed by atoms with Crippen LogP contribution in [0.15, 0.2) is 42.5 Å². The minimum Gasteiger partial charge on any atom is -0.508 e. The molecule has 3 heterocycles. The smallest absolute Gasteiger partial charge is 0.490 e. The number of nitrogens with zero attached hydrogens (tertiary/aromatic N) is 4. The van der Waals surface area contributed by atoms with Crippen LogP contribution in [0.2, 0.25) is 5.02 Å². The molecule has 0 spiro atoms. The number of aromatic nitrogens is 2. The number of fused-ring (bicyclic) bond motifs is 1. The molecule has 0 radical (unpaired) electrons. The number of ether oxygens (including phenoxy) is 1. The lowest BCUT2D eigenvalue weighted by Crippen LogP contribution is -2.37. The van der Waals surface area contributed by atoms with Crippen LogP contribution in [-0.4, -0.2) is 65.2 Å². The summed E-state index contributed by atoms with van der Waals surface area (Å²) in [5.41, 5.74) is 5.00. The van der Waals surface area contributed by atoms with Gasteiger partial charge in [0.15, 0.2) is 0 Å². The average molecular weight is 537 g/mol. The van der Waals surface area contributed by atoms with Gasteiger partial charge in [0.05, 0.1) is 18.9 Å². The molecule has 2 aromatic carbocycles. The molecule has 2 aliphatic rings. The van der Waals surface area contributed by atoms with E-state index in [9.17, 15) is 18.3 Å². The molecule has 0 unspecified atom stereocenters. The molecule has 0 aliphatic carbocycles. The molecule has 2 aliphatic heterocycles. The average Bonchev–Trinajstić information content (AvgIpc) is 3.29. The molecule has 1 saturated heterocycles. The maximum absolute atomic E-state index is 10.6. The van der Waals surface area contributed by atoms with Crippen LogP contribution in [0.4, 0.5) is 30.6 Å². The molecule has 0 bridgehead atoms. The number of carboxylic acids is 1. The largest absolute Gasteiger partial charge is 0.508 e. The number of anilines is 3. The second-order valence-electron chi connectivity index (χ2n) is 8.46. The Morgan fingerprint density at radius 3 is 2.41 bits per heavy atom. The number of carboxylic acid groups (broad SMARTS) is 1. The van der Waals surface area contributed by atoms with Gasteiger partial charge >= 0.3 is 12.1 Å². The lowest BCUT2D eigenvalue weighted by atomic mass is 10.1. The van der Waals surface area contributed by atoms with Gasteiger partial charge in [0.2, 0.25) is 5.95 Å². The van der Waals surface area contributed by atoms with E-state index in [-0.39, 0.29) is 5.75 Å². The number of phenolic OH excluding ortho intramolecular Hbond substituents is 1. The summed E-state index contributed by atoms with van der Waals surface area (Å²) in [4.78, 5) is 23.2. The number of alkyl halides is 3. The molecule has 12 heteroatoms. The lowest BCUT2D eigenvalue weighted by Gasteiger charge is -2.28. The second kappa shape index (κ2) is 10.8. The monoisotopic (exact) mass is 536 g/mol. The third kappa shape index (κ3) is 6.05. The Balaban J connectivity index is 0.000000405. The van der Waals surface area contributed by atoms with Crippen molar-refractivity contribution in [1.29, 1.82) is 0 Å². The Morgan fingerprint density at radius 1 is 1.08 bits per heavy atom. The van der Waals surface area contributed by atoms with E-state index in [1.54, 1.807) is 12.1 Å². The highest BCUT2D eigenvalue weighted by Crippen LogP contribution is 2.40. The number of hydrogen-bond donors (Lipinski definition) is 2. The Kier molecular flexibility index (Phi) is 7.74. The van der Waals surface area contributed by atoms with E-state index in [2.05, 4.69) is 15.9 Å². The maximum Gasteiger partial charge on any atom is 0.490 e. The Hall–Kier alpha value is -3.57. The molecule has 196 valence electrons. The first kappa shape index (κ1) is 26.5. The molecule has 2 N–H and O–H groups in total. The van der Waals surface area contributed by atoms with Crippen LogP contribution in [0.5, 0.6) is 5.75 Å². The number of morpholine rings is 1. The summed E-state index contributed by atoms with van der Waals surface area (Å²) in [6.45, 7) is 5.70. The van der Waals surface area contributed by atoms with Gasteiger partial charge in [-0.3, -0.25) is 0 Å². The predicted molar refractivity (Wildman–Crippen MR) is 133 cm³/mol. The first-order valence-corrected chi connectivity index (χ1v) is 11.8. The topological polar surface area (TPSA) is 99.0 Å². The number of aromatic hydroxyl groups is 1. The summed E-state index contributed by atoms with van der Waals surface area (Å²) in [5, 5.41) is 17.9. The maximum atomic E-state index is 10.6. The van der Waals surface area contributed by atoms with Gasteiger partial charge in [0.25, 0.3) is 0 Å². The molecule has 3 aromatic rings. The number of aryl methyl sites for hydroxylation is 1. The summed E-state index contributed by atoms with van der Waals surface area (Å²) >= 11 is 6.25. The van der Waals surface area contributed by atoms with E-state index in [1.807, 2.05) is 31.2 Å². The van der Waals surface area contributed by atoms with Crippen molar-refractivity contribution < 1.29 is 32.9 Å². The molecule has 8 nitrogen and oxygen atoms in total. The van der Waals surface area contributed by atoms with E-state index < -0.39 is 12.1 Å². The molecule has 0 amide bonds. The van der Waals surface area contributed by atoms with Gasteiger partial charge in [-0.15, -0.1) is 0 Å². The SMILES string of the molecule is Cc1cc(N2CCc3c(-c4cccc(O)c4)nc(N4CCOCC4)nc32)ccc1Cl.O=C(O)C(F)(F)F. The van der Waals surface area contributed by atoms with E-state index in [0.717, 1.165) is 65.0 Å². The number of hydrogen-bond acceptors (Lipinski definition) is 7. The number of rotatable bonds is 3. The van der Waals surface area contributed by atoms with Crippen LogP contribution in [0.25, 0.3) is 11.3 Å². The van der Waals surface area contributed by atoms with Crippen molar-refractivity contribution in [2.75, 3.05) is 42.6 Å². The van der Waals surface area contributed by atoms with E-state index in [1.165, 1.54) is 0 Å². The predicted octanol–water partition coefficient (Wildman–Crippen LogP) is 4.98. The number of carbonyl (C=O) groups is 1. The third-order valence-electron chi connectivity index (χ3n) is 5.92. The standard InChI is InChI=1S/C23H23ClN4O2.C2HF3O2/c1-15-13-17(5-6-20(15)24)28-8-7-19-21(16-3-2-4-18(29)14-16)25-23(26-22(19)28)27-9-11-30-12-10-27;3-2(4,5)1(6)7/h2-6,13-14,29H,7-12H2,1H3;(H,6,7).